The second kappa shape index (κ2) is 3.62. The van der Waals surface area contributed by atoms with E-state index in [1.165, 1.54) is 22.7 Å². The number of hydrogen-bond donors (Lipinski definition) is 1. The Hall–Kier alpha value is -0.500. The van der Waals surface area contributed by atoms with E-state index in [1.807, 2.05) is 18.4 Å². The molecular weight excluding hydrogens is 142 g/mol. The summed E-state index contributed by atoms with van der Waals surface area (Å²) in [5, 5.41) is 4.39. The molecule has 0 aromatic carbocycles. The summed E-state index contributed by atoms with van der Waals surface area (Å²) in [6.07, 6.45) is 2.45. The molecule has 1 aromatic rings. The molecule has 1 nitrogen and oxygen atoms in total. The smallest absolute Gasteiger partial charge is 0.0882 e. The standard InChI is InChI=1S/C8H13NS/c1-3-4-7-5-6-8(9-2)10-7/h5-6,9H,3-4H2,1-2H3. The van der Waals surface area contributed by atoms with E-state index in [2.05, 4.69) is 24.4 Å². The lowest BCUT2D eigenvalue weighted by molar-refractivity contribution is 0.940. The highest BCUT2D eigenvalue weighted by atomic mass is 32.1. The summed E-state index contributed by atoms with van der Waals surface area (Å²) in [4.78, 5) is 1.48. The maximum absolute atomic E-state index is 3.12. The third-order valence-electron chi connectivity index (χ3n) is 1.40. The molecule has 0 aliphatic heterocycles. The van der Waals surface area contributed by atoms with Crippen molar-refractivity contribution in [1.29, 1.82) is 0 Å². The molecule has 1 heterocycles. The van der Waals surface area contributed by atoms with Crippen LogP contribution in [0.5, 0.6) is 0 Å². The van der Waals surface area contributed by atoms with Gasteiger partial charge in [-0.3, -0.25) is 0 Å². The summed E-state index contributed by atoms with van der Waals surface area (Å²) in [6, 6.07) is 4.33. The monoisotopic (exact) mass is 155 g/mol. The number of anilines is 1. The Morgan fingerprint density at radius 2 is 2.30 bits per heavy atom. The van der Waals surface area contributed by atoms with Crippen molar-refractivity contribution in [2.24, 2.45) is 0 Å². The maximum Gasteiger partial charge on any atom is 0.0882 e. The Morgan fingerprint density at radius 3 is 2.80 bits per heavy atom. The van der Waals surface area contributed by atoms with Crippen LogP contribution in [-0.2, 0) is 6.42 Å². The van der Waals surface area contributed by atoms with Gasteiger partial charge in [0, 0.05) is 11.9 Å². The molecule has 0 bridgehead atoms. The van der Waals surface area contributed by atoms with Crippen molar-refractivity contribution in [2.75, 3.05) is 12.4 Å². The van der Waals surface area contributed by atoms with Crippen molar-refractivity contribution < 1.29 is 0 Å². The second-order valence-corrected chi connectivity index (χ2v) is 3.43. The number of nitrogens with one attached hydrogen (secondary N) is 1. The summed E-state index contributed by atoms with van der Waals surface area (Å²) in [5.41, 5.74) is 0. The van der Waals surface area contributed by atoms with Gasteiger partial charge in [-0.15, -0.1) is 11.3 Å². The highest BCUT2D eigenvalue weighted by Crippen LogP contribution is 2.21. The van der Waals surface area contributed by atoms with E-state index in [9.17, 15) is 0 Å². The predicted octanol–water partition coefficient (Wildman–Crippen LogP) is 2.74. The lowest BCUT2D eigenvalue weighted by Gasteiger charge is -1.90. The lowest BCUT2D eigenvalue weighted by atomic mass is 10.3. The molecule has 0 fully saturated rings. The first-order valence-electron chi connectivity index (χ1n) is 3.63. The van der Waals surface area contributed by atoms with E-state index < -0.39 is 0 Å². The fraction of sp³-hybridized carbons (Fsp3) is 0.500. The van der Waals surface area contributed by atoms with Crippen molar-refractivity contribution in [3.8, 4) is 0 Å². The van der Waals surface area contributed by atoms with Gasteiger partial charge in [-0.2, -0.15) is 0 Å². The predicted molar refractivity (Wildman–Crippen MR) is 47.9 cm³/mol. The minimum absolute atomic E-state index is 1.21. The Balaban J connectivity index is 2.59. The SMILES string of the molecule is CCCc1ccc(NC)s1. The summed E-state index contributed by atoms with van der Waals surface area (Å²) in [5.74, 6) is 0. The van der Waals surface area contributed by atoms with Crippen LogP contribution in [0.15, 0.2) is 12.1 Å². The van der Waals surface area contributed by atoms with Crippen LogP contribution < -0.4 is 5.32 Å². The first kappa shape index (κ1) is 7.61. The van der Waals surface area contributed by atoms with Gasteiger partial charge in [0.15, 0.2) is 0 Å². The summed E-state index contributed by atoms with van der Waals surface area (Å²) in [6.45, 7) is 2.21. The van der Waals surface area contributed by atoms with E-state index in [0.717, 1.165) is 0 Å². The first-order chi connectivity index (χ1) is 4.86. The average molecular weight is 155 g/mol. The third kappa shape index (κ3) is 1.74. The van der Waals surface area contributed by atoms with Gasteiger partial charge in [-0.05, 0) is 18.6 Å². The maximum atomic E-state index is 3.12. The van der Waals surface area contributed by atoms with Gasteiger partial charge in [0.25, 0.3) is 0 Å². The van der Waals surface area contributed by atoms with E-state index >= 15 is 0 Å². The zero-order valence-electron chi connectivity index (χ0n) is 6.48. The molecule has 0 radical (unpaired) electrons. The summed E-state index contributed by atoms with van der Waals surface area (Å²) < 4.78 is 0. The Morgan fingerprint density at radius 1 is 1.50 bits per heavy atom. The van der Waals surface area contributed by atoms with Crippen molar-refractivity contribution in [2.45, 2.75) is 19.8 Å². The molecule has 0 aliphatic carbocycles. The molecule has 0 atom stereocenters. The molecule has 56 valence electrons. The summed E-state index contributed by atoms with van der Waals surface area (Å²) >= 11 is 1.85. The van der Waals surface area contributed by atoms with E-state index in [-0.39, 0.29) is 0 Å². The Bertz CT molecular complexity index is 193. The normalized spacial score (nSPS) is 9.80. The fourth-order valence-electron chi connectivity index (χ4n) is 0.893. The van der Waals surface area contributed by atoms with Crippen molar-refractivity contribution in [3.05, 3.63) is 17.0 Å². The van der Waals surface area contributed by atoms with Crippen LogP contribution in [0.2, 0.25) is 0 Å². The molecule has 0 amide bonds. The Labute approximate surface area is 66.1 Å². The zero-order valence-corrected chi connectivity index (χ0v) is 7.29. The fourth-order valence-corrected chi connectivity index (χ4v) is 1.86. The summed E-state index contributed by atoms with van der Waals surface area (Å²) in [7, 11) is 1.96. The van der Waals surface area contributed by atoms with Crippen LogP contribution in [0.3, 0.4) is 0 Å². The number of hydrogen-bond acceptors (Lipinski definition) is 2. The zero-order chi connectivity index (χ0) is 7.40. The molecule has 0 aliphatic rings. The largest absolute Gasteiger partial charge is 0.380 e. The molecule has 10 heavy (non-hydrogen) atoms. The molecule has 0 saturated carbocycles. The van der Waals surface area contributed by atoms with Crippen LogP contribution in [-0.4, -0.2) is 7.05 Å². The highest BCUT2D eigenvalue weighted by molar-refractivity contribution is 7.16. The molecule has 0 unspecified atom stereocenters. The topological polar surface area (TPSA) is 12.0 Å². The van der Waals surface area contributed by atoms with Gasteiger partial charge >= 0.3 is 0 Å². The molecule has 0 spiro atoms. The minimum atomic E-state index is 1.21. The van der Waals surface area contributed by atoms with Gasteiger partial charge < -0.3 is 5.32 Å². The van der Waals surface area contributed by atoms with Gasteiger partial charge in [-0.1, -0.05) is 13.3 Å². The number of rotatable bonds is 3. The van der Waals surface area contributed by atoms with Crippen molar-refractivity contribution >= 4 is 16.3 Å². The quantitative estimate of drug-likeness (QED) is 0.707. The van der Waals surface area contributed by atoms with E-state index in [1.54, 1.807) is 0 Å². The van der Waals surface area contributed by atoms with Gasteiger partial charge in [0.2, 0.25) is 0 Å². The number of thiophene rings is 1. The van der Waals surface area contributed by atoms with Crippen molar-refractivity contribution in [1.82, 2.24) is 0 Å². The average Bonchev–Trinajstić information content (AvgIpc) is 2.37. The van der Waals surface area contributed by atoms with Gasteiger partial charge in [0.05, 0.1) is 5.00 Å². The number of aryl methyl sites for hydroxylation is 1. The van der Waals surface area contributed by atoms with Crippen LogP contribution in [0.25, 0.3) is 0 Å². The van der Waals surface area contributed by atoms with Gasteiger partial charge in [-0.25, -0.2) is 0 Å². The van der Waals surface area contributed by atoms with Crippen LogP contribution in [0, 0.1) is 0 Å². The molecule has 1 N–H and O–H groups in total. The highest BCUT2D eigenvalue weighted by Gasteiger charge is 1.94. The molecule has 1 rings (SSSR count). The van der Waals surface area contributed by atoms with E-state index in [0.29, 0.717) is 0 Å². The minimum Gasteiger partial charge on any atom is -0.380 e. The molecule has 2 heteroatoms. The second-order valence-electron chi connectivity index (χ2n) is 2.27. The third-order valence-corrected chi connectivity index (χ3v) is 2.57. The lowest BCUT2D eigenvalue weighted by Crippen LogP contribution is -1.80. The van der Waals surface area contributed by atoms with E-state index in [4.69, 9.17) is 0 Å². The Kier molecular flexibility index (Phi) is 2.75. The molecule has 0 saturated heterocycles. The van der Waals surface area contributed by atoms with Crippen LogP contribution >= 0.6 is 11.3 Å². The van der Waals surface area contributed by atoms with Crippen LogP contribution in [0.4, 0.5) is 5.00 Å². The molecular formula is C8H13NS. The molecule has 1 aromatic heterocycles. The van der Waals surface area contributed by atoms with Crippen molar-refractivity contribution in [3.63, 3.8) is 0 Å². The first-order valence-corrected chi connectivity index (χ1v) is 4.45. The van der Waals surface area contributed by atoms with Gasteiger partial charge in [0.1, 0.15) is 0 Å². The van der Waals surface area contributed by atoms with Crippen LogP contribution in [0.1, 0.15) is 18.2 Å².